The summed E-state index contributed by atoms with van der Waals surface area (Å²) in [4.78, 5) is 4.19. The number of fused-ring (bicyclic) bond motifs is 1. The van der Waals surface area contributed by atoms with Crippen molar-refractivity contribution in [3.05, 3.63) is 34.9 Å². The van der Waals surface area contributed by atoms with Crippen LogP contribution in [0.2, 0.25) is 5.02 Å². The van der Waals surface area contributed by atoms with Gasteiger partial charge in [0.2, 0.25) is 5.95 Å². The molecule has 1 aromatic carbocycles. The van der Waals surface area contributed by atoms with E-state index in [4.69, 9.17) is 17.3 Å². The summed E-state index contributed by atoms with van der Waals surface area (Å²) in [5.41, 5.74) is 8.58. The Balaban J connectivity index is 2.37. The van der Waals surface area contributed by atoms with Crippen molar-refractivity contribution in [2.24, 2.45) is 7.05 Å². The lowest BCUT2D eigenvalue weighted by Gasteiger charge is -2.04. The van der Waals surface area contributed by atoms with Gasteiger partial charge in [0.15, 0.2) is 0 Å². The highest BCUT2D eigenvalue weighted by Gasteiger charge is 2.16. The first kappa shape index (κ1) is 12.0. The van der Waals surface area contributed by atoms with Crippen LogP contribution in [-0.2, 0) is 7.05 Å². The fourth-order valence-corrected chi connectivity index (χ4v) is 2.31. The minimum atomic E-state index is -0.503. The van der Waals surface area contributed by atoms with E-state index in [1.807, 2.05) is 14.0 Å². The number of hydrogen-bond acceptors (Lipinski definition) is 3. The Morgan fingerprint density at radius 2 is 2.11 bits per heavy atom. The highest BCUT2D eigenvalue weighted by atomic mass is 35.5. The molecule has 0 saturated carbocycles. The van der Waals surface area contributed by atoms with Gasteiger partial charge >= 0.3 is 0 Å². The van der Waals surface area contributed by atoms with E-state index in [-0.39, 0.29) is 11.0 Å². The number of nitrogen functional groups attached to an aromatic ring is 1. The van der Waals surface area contributed by atoms with E-state index >= 15 is 0 Å². The minimum Gasteiger partial charge on any atom is -0.369 e. The molecule has 19 heavy (non-hydrogen) atoms. The second-order valence-electron chi connectivity index (χ2n) is 4.33. The zero-order chi connectivity index (χ0) is 13.7. The fraction of sp³-hybridized carbons (Fsp3) is 0.167. The van der Waals surface area contributed by atoms with Gasteiger partial charge in [-0.05, 0) is 13.0 Å². The lowest BCUT2D eigenvalue weighted by Crippen LogP contribution is -2.01. The molecule has 2 N–H and O–H groups in total. The first-order valence-corrected chi connectivity index (χ1v) is 5.99. The van der Waals surface area contributed by atoms with Gasteiger partial charge in [-0.3, -0.25) is 9.25 Å². The van der Waals surface area contributed by atoms with Crippen LogP contribution >= 0.6 is 11.6 Å². The molecule has 0 spiro atoms. The smallest absolute Gasteiger partial charge is 0.206 e. The van der Waals surface area contributed by atoms with E-state index in [1.54, 1.807) is 15.4 Å². The molecule has 98 valence electrons. The Morgan fingerprint density at radius 3 is 2.74 bits per heavy atom. The molecule has 2 heterocycles. The zero-order valence-electron chi connectivity index (χ0n) is 10.4. The molecular weight excluding hydrogens is 269 g/mol. The van der Waals surface area contributed by atoms with E-state index in [1.165, 1.54) is 12.1 Å². The van der Waals surface area contributed by atoms with Crippen molar-refractivity contribution in [2.75, 3.05) is 5.73 Å². The fourth-order valence-electron chi connectivity index (χ4n) is 2.15. The molecular formula is C12H11ClFN5. The molecule has 7 heteroatoms. The van der Waals surface area contributed by atoms with Gasteiger partial charge in [-0.15, -0.1) is 0 Å². The minimum absolute atomic E-state index is 0.0278. The van der Waals surface area contributed by atoms with Crippen molar-refractivity contribution >= 4 is 28.6 Å². The van der Waals surface area contributed by atoms with Crippen LogP contribution in [0.25, 0.3) is 16.7 Å². The first-order chi connectivity index (χ1) is 8.97. The van der Waals surface area contributed by atoms with Gasteiger partial charge < -0.3 is 5.73 Å². The molecule has 0 radical (unpaired) electrons. The first-order valence-electron chi connectivity index (χ1n) is 5.61. The number of nitrogens with zero attached hydrogens (tertiary/aromatic N) is 4. The number of imidazole rings is 1. The van der Waals surface area contributed by atoms with Gasteiger partial charge in [-0.1, -0.05) is 11.6 Å². The molecule has 0 aliphatic heterocycles. The molecule has 0 bridgehead atoms. The predicted octanol–water partition coefficient (Wildman–Crippen LogP) is 2.44. The lowest BCUT2D eigenvalue weighted by atomic mass is 10.3. The molecule has 5 nitrogen and oxygen atoms in total. The van der Waals surface area contributed by atoms with Crippen molar-refractivity contribution in [2.45, 2.75) is 6.92 Å². The number of aryl methyl sites for hydroxylation is 2. The van der Waals surface area contributed by atoms with Gasteiger partial charge in [-0.2, -0.15) is 5.10 Å². The second kappa shape index (κ2) is 3.96. The average molecular weight is 280 g/mol. The Hall–Kier alpha value is -2.08. The Bertz CT molecular complexity index is 789. The van der Waals surface area contributed by atoms with E-state index in [0.29, 0.717) is 11.0 Å². The SMILES string of the molecule is Cc1nn(C)cc1-n1c(N)nc2cc(Cl)c(F)cc21. The summed E-state index contributed by atoms with van der Waals surface area (Å²) in [7, 11) is 1.81. The Kier molecular flexibility index (Phi) is 2.50. The largest absolute Gasteiger partial charge is 0.369 e. The molecule has 0 fully saturated rings. The highest BCUT2D eigenvalue weighted by Crippen LogP contribution is 2.28. The van der Waals surface area contributed by atoms with Gasteiger partial charge in [0.1, 0.15) is 5.82 Å². The van der Waals surface area contributed by atoms with Crippen LogP contribution in [0.5, 0.6) is 0 Å². The Labute approximate surface area is 113 Å². The summed E-state index contributed by atoms with van der Waals surface area (Å²) in [6, 6.07) is 2.79. The van der Waals surface area contributed by atoms with E-state index in [0.717, 1.165) is 11.4 Å². The van der Waals surface area contributed by atoms with Gasteiger partial charge in [0.25, 0.3) is 0 Å². The molecule has 3 aromatic rings. The molecule has 0 aliphatic carbocycles. The molecule has 0 saturated heterocycles. The van der Waals surface area contributed by atoms with Crippen LogP contribution < -0.4 is 5.73 Å². The second-order valence-corrected chi connectivity index (χ2v) is 4.74. The van der Waals surface area contributed by atoms with E-state index < -0.39 is 5.82 Å². The van der Waals surface area contributed by atoms with Gasteiger partial charge in [0.05, 0.1) is 27.4 Å². The summed E-state index contributed by atoms with van der Waals surface area (Å²) in [6.07, 6.45) is 1.80. The number of nitrogens with two attached hydrogens (primary N) is 1. The van der Waals surface area contributed by atoms with Crippen LogP contribution in [0.15, 0.2) is 18.3 Å². The maximum absolute atomic E-state index is 13.6. The van der Waals surface area contributed by atoms with Crippen molar-refractivity contribution in [1.29, 1.82) is 0 Å². The summed E-state index contributed by atoms with van der Waals surface area (Å²) in [5.74, 6) is -0.232. The number of aromatic nitrogens is 4. The molecule has 0 amide bonds. The third kappa shape index (κ3) is 1.76. The standard InChI is InChI=1S/C12H11ClFN5/c1-6-11(5-18(2)17-6)19-10-4-8(14)7(13)3-9(10)16-12(19)15/h3-5H,1-2H3,(H2,15,16). The van der Waals surface area contributed by atoms with Crippen molar-refractivity contribution in [3.8, 4) is 5.69 Å². The molecule has 0 aliphatic rings. The van der Waals surface area contributed by atoms with Gasteiger partial charge in [-0.25, -0.2) is 9.37 Å². The van der Waals surface area contributed by atoms with Crippen LogP contribution in [0.1, 0.15) is 5.69 Å². The average Bonchev–Trinajstić information content (AvgIpc) is 2.79. The predicted molar refractivity (Wildman–Crippen MR) is 72.0 cm³/mol. The number of rotatable bonds is 1. The van der Waals surface area contributed by atoms with Crippen molar-refractivity contribution in [3.63, 3.8) is 0 Å². The maximum atomic E-state index is 13.6. The summed E-state index contributed by atoms with van der Waals surface area (Å²) >= 11 is 5.75. The lowest BCUT2D eigenvalue weighted by molar-refractivity contribution is 0.629. The Morgan fingerprint density at radius 1 is 1.37 bits per heavy atom. The van der Waals surface area contributed by atoms with E-state index in [2.05, 4.69) is 10.1 Å². The number of halogens is 2. The van der Waals surface area contributed by atoms with Crippen LogP contribution in [0.3, 0.4) is 0 Å². The molecule has 0 atom stereocenters. The third-order valence-corrected chi connectivity index (χ3v) is 3.24. The van der Waals surface area contributed by atoms with Crippen LogP contribution in [-0.4, -0.2) is 19.3 Å². The quantitative estimate of drug-likeness (QED) is 0.744. The summed E-state index contributed by atoms with van der Waals surface area (Å²) in [5, 5.41) is 4.28. The summed E-state index contributed by atoms with van der Waals surface area (Å²) in [6.45, 7) is 1.85. The molecule has 2 aromatic heterocycles. The molecule has 0 unspecified atom stereocenters. The number of hydrogen-bond donors (Lipinski definition) is 1. The van der Waals surface area contributed by atoms with Crippen molar-refractivity contribution in [1.82, 2.24) is 19.3 Å². The van der Waals surface area contributed by atoms with Crippen LogP contribution in [0.4, 0.5) is 10.3 Å². The topological polar surface area (TPSA) is 61.7 Å². The summed E-state index contributed by atoms with van der Waals surface area (Å²) < 4.78 is 17.0. The third-order valence-electron chi connectivity index (χ3n) is 2.95. The van der Waals surface area contributed by atoms with Crippen LogP contribution in [0, 0.1) is 12.7 Å². The number of anilines is 1. The van der Waals surface area contributed by atoms with Gasteiger partial charge in [0, 0.05) is 19.3 Å². The molecule has 3 rings (SSSR count). The van der Waals surface area contributed by atoms with E-state index in [9.17, 15) is 4.39 Å². The van der Waals surface area contributed by atoms with Crippen molar-refractivity contribution < 1.29 is 4.39 Å². The zero-order valence-corrected chi connectivity index (χ0v) is 11.1. The number of benzene rings is 1. The highest BCUT2D eigenvalue weighted by molar-refractivity contribution is 6.31. The normalized spacial score (nSPS) is 11.4. The maximum Gasteiger partial charge on any atom is 0.206 e. The monoisotopic (exact) mass is 279 g/mol.